The first kappa shape index (κ1) is 16.1. The minimum atomic E-state index is -1.05. The largest absolute Gasteiger partial charge is 0.480 e. The van der Waals surface area contributed by atoms with E-state index in [4.69, 9.17) is 0 Å². The number of carbonyl (C=O) groups excluding carboxylic acids is 1. The monoisotopic (exact) mass is 279 g/mol. The number of rotatable bonds is 4. The van der Waals surface area contributed by atoms with Crippen molar-refractivity contribution in [3.05, 3.63) is 23.0 Å². The van der Waals surface area contributed by atoms with Crippen LogP contribution in [-0.4, -0.2) is 33.2 Å². The number of carboxylic acids is 1. The van der Waals surface area contributed by atoms with Crippen molar-refractivity contribution < 1.29 is 14.7 Å². The molecular weight excluding hydrogens is 258 g/mol. The van der Waals surface area contributed by atoms with Crippen molar-refractivity contribution in [3.63, 3.8) is 0 Å². The van der Waals surface area contributed by atoms with Gasteiger partial charge in [0, 0.05) is 0 Å². The number of carbonyl (C=O) groups is 2. The van der Waals surface area contributed by atoms with Crippen molar-refractivity contribution >= 4 is 11.9 Å². The minimum absolute atomic E-state index is 0.385. The Bertz CT molecular complexity index is 521. The van der Waals surface area contributed by atoms with Gasteiger partial charge < -0.3 is 10.4 Å². The predicted octanol–water partition coefficient (Wildman–Crippen LogP) is 1.58. The Morgan fingerprint density at radius 1 is 1.35 bits per heavy atom. The molecule has 20 heavy (non-hydrogen) atoms. The molecule has 1 atom stereocenters. The fourth-order valence-electron chi connectivity index (χ4n) is 1.83. The van der Waals surface area contributed by atoms with Gasteiger partial charge in [0.25, 0.3) is 5.91 Å². The molecule has 1 rings (SSSR count). The van der Waals surface area contributed by atoms with Crippen LogP contribution >= 0.6 is 0 Å². The molecule has 2 N–H and O–H groups in total. The highest BCUT2D eigenvalue weighted by atomic mass is 16.4. The van der Waals surface area contributed by atoms with E-state index < -0.39 is 23.3 Å². The van der Waals surface area contributed by atoms with Gasteiger partial charge in [-0.15, -0.1) is 0 Å². The summed E-state index contributed by atoms with van der Waals surface area (Å²) in [5, 5.41) is 19.7. The summed E-state index contributed by atoms with van der Waals surface area (Å²) in [4.78, 5) is 23.6. The Hall–Kier alpha value is -1.98. The molecule has 0 saturated carbocycles. The van der Waals surface area contributed by atoms with Gasteiger partial charge in [0.05, 0.1) is 17.0 Å². The van der Waals surface area contributed by atoms with Crippen LogP contribution in [-0.2, 0) is 11.2 Å². The number of hydrogen-bond acceptors (Lipinski definition) is 4. The Kier molecular flexibility index (Phi) is 4.81. The van der Waals surface area contributed by atoms with Crippen molar-refractivity contribution in [1.82, 2.24) is 15.5 Å². The zero-order valence-electron chi connectivity index (χ0n) is 12.5. The van der Waals surface area contributed by atoms with Crippen molar-refractivity contribution in [2.45, 2.75) is 47.1 Å². The number of aromatic nitrogens is 2. The summed E-state index contributed by atoms with van der Waals surface area (Å²) < 4.78 is 0. The molecular formula is C14H21N3O3. The molecule has 0 aliphatic rings. The van der Waals surface area contributed by atoms with Crippen LogP contribution < -0.4 is 5.32 Å². The van der Waals surface area contributed by atoms with Gasteiger partial charge in [-0.05, 0) is 24.8 Å². The molecule has 0 radical (unpaired) electrons. The average molecular weight is 279 g/mol. The SMILES string of the molecule is CCc1nnc(C)cc1C(=O)N[C@H](C(=O)O)C(C)(C)C. The zero-order valence-corrected chi connectivity index (χ0v) is 12.5. The van der Waals surface area contributed by atoms with Crippen molar-refractivity contribution in [3.8, 4) is 0 Å². The van der Waals surface area contributed by atoms with Crippen LogP contribution in [0.5, 0.6) is 0 Å². The summed E-state index contributed by atoms with van der Waals surface area (Å²) in [5.41, 5.74) is 0.986. The van der Waals surface area contributed by atoms with Crippen LogP contribution in [0.1, 0.15) is 49.4 Å². The second-order valence-electron chi connectivity index (χ2n) is 5.81. The first-order valence-corrected chi connectivity index (χ1v) is 6.53. The molecule has 6 heteroatoms. The van der Waals surface area contributed by atoms with Crippen LogP contribution in [0.4, 0.5) is 0 Å². The van der Waals surface area contributed by atoms with E-state index in [1.54, 1.807) is 33.8 Å². The van der Waals surface area contributed by atoms with Crippen molar-refractivity contribution in [1.29, 1.82) is 0 Å². The van der Waals surface area contributed by atoms with Crippen LogP contribution in [0.15, 0.2) is 6.07 Å². The smallest absolute Gasteiger partial charge is 0.326 e. The molecule has 1 heterocycles. The fourth-order valence-corrected chi connectivity index (χ4v) is 1.83. The van der Waals surface area contributed by atoms with Gasteiger partial charge in [0.1, 0.15) is 6.04 Å². The Balaban J connectivity index is 3.07. The minimum Gasteiger partial charge on any atom is -0.480 e. The average Bonchev–Trinajstić information content (AvgIpc) is 2.33. The molecule has 0 aromatic carbocycles. The topological polar surface area (TPSA) is 92.2 Å². The zero-order chi connectivity index (χ0) is 15.5. The summed E-state index contributed by atoms with van der Waals surface area (Å²) >= 11 is 0. The maximum absolute atomic E-state index is 12.3. The molecule has 110 valence electrons. The second-order valence-corrected chi connectivity index (χ2v) is 5.81. The van der Waals surface area contributed by atoms with E-state index in [1.165, 1.54) is 0 Å². The molecule has 0 spiro atoms. The first-order valence-electron chi connectivity index (χ1n) is 6.53. The van der Waals surface area contributed by atoms with Crippen molar-refractivity contribution in [2.24, 2.45) is 5.41 Å². The molecule has 0 unspecified atom stereocenters. The highest BCUT2D eigenvalue weighted by molar-refractivity contribution is 5.97. The summed E-state index contributed by atoms with van der Waals surface area (Å²) in [7, 11) is 0. The molecule has 0 aliphatic heterocycles. The van der Waals surface area contributed by atoms with Gasteiger partial charge in [-0.25, -0.2) is 4.79 Å². The third-order valence-corrected chi connectivity index (χ3v) is 2.96. The van der Waals surface area contributed by atoms with E-state index >= 15 is 0 Å². The molecule has 1 amide bonds. The third kappa shape index (κ3) is 3.76. The lowest BCUT2D eigenvalue weighted by Gasteiger charge is -2.27. The van der Waals surface area contributed by atoms with Crippen molar-refractivity contribution in [2.75, 3.05) is 0 Å². The van der Waals surface area contributed by atoms with E-state index in [1.807, 2.05) is 6.92 Å². The highest BCUT2D eigenvalue weighted by Crippen LogP contribution is 2.20. The van der Waals surface area contributed by atoms with E-state index in [9.17, 15) is 14.7 Å². The van der Waals surface area contributed by atoms with Gasteiger partial charge in [0.2, 0.25) is 0 Å². The number of nitrogens with zero attached hydrogens (tertiary/aromatic N) is 2. The van der Waals surface area contributed by atoms with Gasteiger partial charge in [0.15, 0.2) is 0 Å². The maximum atomic E-state index is 12.3. The number of carboxylic acid groups (broad SMARTS) is 1. The molecule has 6 nitrogen and oxygen atoms in total. The number of nitrogens with one attached hydrogen (secondary N) is 1. The van der Waals surface area contributed by atoms with E-state index in [-0.39, 0.29) is 0 Å². The van der Waals surface area contributed by atoms with E-state index in [2.05, 4.69) is 15.5 Å². The summed E-state index contributed by atoms with van der Waals surface area (Å²) in [6.45, 7) is 8.91. The summed E-state index contributed by atoms with van der Waals surface area (Å²) in [6.07, 6.45) is 0.559. The lowest BCUT2D eigenvalue weighted by Crippen LogP contribution is -2.49. The second kappa shape index (κ2) is 5.98. The molecule has 1 aromatic heterocycles. The summed E-state index contributed by atoms with van der Waals surface area (Å²) in [6, 6.07) is 0.663. The number of aryl methyl sites for hydroxylation is 2. The summed E-state index contributed by atoms with van der Waals surface area (Å²) in [5.74, 6) is -1.48. The van der Waals surface area contributed by atoms with Gasteiger partial charge in [-0.3, -0.25) is 4.79 Å². The van der Waals surface area contributed by atoms with E-state index in [0.29, 0.717) is 23.4 Å². The number of amides is 1. The fraction of sp³-hybridized carbons (Fsp3) is 0.571. The van der Waals surface area contributed by atoms with Gasteiger partial charge in [-0.1, -0.05) is 27.7 Å². The molecule has 0 saturated heterocycles. The molecule has 0 aliphatic carbocycles. The van der Waals surface area contributed by atoms with E-state index in [0.717, 1.165) is 0 Å². The van der Waals surface area contributed by atoms with Gasteiger partial charge in [-0.2, -0.15) is 10.2 Å². The molecule has 0 bridgehead atoms. The molecule has 1 aromatic rings. The van der Waals surface area contributed by atoms with Crippen LogP contribution in [0.2, 0.25) is 0 Å². The Morgan fingerprint density at radius 3 is 2.40 bits per heavy atom. The van der Waals surface area contributed by atoms with Gasteiger partial charge >= 0.3 is 5.97 Å². The highest BCUT2D eigenvalue weighted by Gasteiger charge is 2.33. The predicted molar refractivity (Wildman–Crippen MR) is 74.5 cm³/mol. The Labute approximate surface area is 118 Å². The number of hydrogen-bond donors (Lipinski definition) is 2. The first-order chi connectivity index (χ1) is 9.16. The quantitative estimate of drug-likeness (QED) is 0.873. The maximum Gasteiger partial charge on any atom is 0.326 e. The number of aliphatic carboxylic acids is 1. The van der Waals surface area contributed by atoms with Crippen LogP contribution in [0.3, 0.4) is 0 Å². The Morgan fingerprint density at radius 2 is 1.95 bits per heavy atom. The van der Waals surface area contributed by atoms with Crippen LogP contribution in [0.25, 0.3) is 0 Å². The molecule has 0 fully saturated rings. The lowest BCUT2D eigenvalue weighted by atomic mass is 9.86. The third-order valence-electron chi connectivity index (χ3n) is 2.96. The normalized spacial score (nSPS) is 12.8. The lowest BCUT2D eigenvalue weighted by molar-refractivity contribution is -0.142. The van der Waals surface area contributed by atoms with Crippen LogP contribution in [0, 0.1) is 12.3 Å². The standard InChI is InChI=1S/C14H21N3O3/c1-6-10-9(7-8(2)16-17-10)12(18)15-11(13(19)20)14(3,4)5/h7,11H,6H2,1-5H3,(H,15,18)(H,19,20)/t11-/m1/s1.